The molecule has 6 heteroatoms. The molecular formula is C12H18N2O3S. The van der Waals surface area contributed by atoms with Crippen LogP contribution in [0.5, 0.6) is 0 Å². The van der Waals surface area contributed by atoms with Crippen molar-refractivity contribution in [3.05, 3.63) is 10.6 Å². The molecule has 1 fully saturated rings. The molecule has 18 heavy (non-hydrogen) atoms. The minimum atomic E-state index is 0.258. The van der Waals surface area contributed by atoms with Gasteiger partial charge in [-0.05, 0) is 12.8 Å². The molecule has 1 saturated heterocycles. The van der Waals surface area contributed by atoms with E-state index in [1.165, 1.54) is 11.3 Å². The molecular weight excluding hydrogens is 252 g/mol. The number of hydrogen-bond donors (Lipinski definition) is 0. The molecule has 1 aliphatic heterocycles. The fourth-order valence-corrected chi connectivity index (χ4v) is 3.04. The van der Waals surface area contributed by atoms with Gasteiger partial charge in [-0.1, -0.05) is 11.3 Å². The van der Waals surface area contributed by atoms with Crippen LogP contribution in [0.4, 0.5) is 5.13 Å². The number of hydrogen-bond acceptors (Lipinski definition) is 6. The molecule has 2 rings (SSSR count). The van der Waals surface area contributed by atoms with E-state index in [4.69, 9.17) is 9.47 Å². The molecule has 0 N–H and O–H groups in total. The highest BCUT2D eigenvalue weighted by atomic mass is 32.1. The third-order valence-electron chi connectivity index (χ3n) is 3.09. The maximum atomic E-state index is 11.0. The zero-order valence-electron chi connectivity index (χ0n) is 10.7. The summed E-state index contributed by atoms with van der Waals surface area (Å²) in [7, 11) is 3.35. The largest absolute Gasteiger partial charge is 0.380 e. The molecule has 5 nitrogen and oxygen atoms in total. The molecule has 0 spiro atoms. The molecule has 0 aromatic carbocycles. The summed E-state index contributed by atoms with van der Waals surface area (Å²) in [6.45, 7) is 2.19. The van der Waals surface area contributed by atoms with Crippen LogP contribution in [-0.2, 0) is 16.1 Å². The highest BCUT2D eigenvalue weighted by Gasteiger charge is 2.23. The Labute approximate surface area is 111 Å². The number of thiazole rings is 1. The van der Waals surface area contributed by atoms with E-state index < -0.39 is 0 Å². The van der Waals surface area contributed by atoms with Crippen molar-refractivity contribution in [3.63, 3.8) is 0 Å². The monoisotopic (exact) mass is 270 g/mol. The van der Waals surface area contributed by atoms with Gasteiger partial charge < -0.3 is 14.4 Å². The Kier molecular flexibility index (Phi) is 4.68. The van der Waals surface area contributed by atoms with Crippen molar-refractivity contribution in [2.24, 2.45) is 0 Å². The van der Waals surface area contributed by atoms with Gasteiger partial charge in [0.2, 0.25) is 0 Å². The molecule has 2 heterocycles. The van der Waals surface area contributed by atoms with Gasteiger partial charge >= 0.3 is 0 Å². The van der Waals surface area contributed by atoms with E-state index in [9.17, 15) is 4.79 Å². The number of nitrogens with zero attached hydrogens (tertiary/aromatic N) is 2. The van der Waals surface area contributed by atoms with Crippen LogP contribution in [0.15, 0.2) is 0 Å². The van der Waals surface area contributed by atoms with Crippen LogP contribution >= 0.6 is 11.3 Å². The average molecular weight is 270 g/mol. The van der Waals surface area contributed by atoms with Gasteiger partial charge in [-0.25, -0.2) is 4.98 Å². The molecule has 0 radical (unpaired) electrons. The molecule has 1 aromatic heterocycles. The molecule has 0 bridgehead atoms. The first kappa shape index (κ1) is 13.5. The standard InChI is InChI=1S/C12H18N2O3S/c1-16-8-10-11(7-15)18-12(13-10)14-5-3-4-9(6-14)17-2/h7,9H,3-6,8H2,1-2H3. The van der Waals surface area contributed by atoms with Crippen molar-refractivity contribution < 1.29 is 14.3 Å². The summed E-state index contributed by atoms with van der Waals surface area (Å²) in [4.78, 5) is 18.3. The van der Waals surface area contributed by atoms with Gasteiger partial charge in [-0.3, -0.25) is 4.79 Å². The van der Waals surface area contributed by atoms with E-state index >= 15 is 0 Å². The van der Waals surface area contributed by atoms with Crippen LogP contribution in [0.25, 0.3) is 0 Å². The second-order valence-corrected chi connectivity index (χ2v) is 5.31. The molecule has 100 valence electrons. The van der Waals surface area contributed by atoms with Crippen molar-refractivity contribution >= 4 is 22.8 Å². The lowest BCUT2D eigenvalue weighted by Crippen LogP contribution is -2.39. The highest BCUT2D eigenvalue weighted by Crippen LogP contribution is 2.28. The third kappa shape index (κ3) is 2.88. The second-order valence-electron chi connectivity index (χ2n) is 4.30. The van der Waals surface area contributed by atoms with E-state index in [2.05, 4.69) is 9.88 Å². The maximum Gasteiger partial charge on any atom is 0.186 e. The minimum Gasteiger partial charge on any atom is -0.380 e. The summed E-state index contributed by atoms with van der Waals surface area (Å²) in [5, 5.41) is 0.894. The predicted molar refractivity (Wildman–Crippen MR) is 70.5 cm³/mol. The topological polar surface area (TPSA) is 51.7 Å². The summed E-state index contributed by atoms with van der Waals surface area (Å²) in [5.41, 5.74) is 0.729. The lowest BCUT2D eigenvalue weighted by molar-refractivity contribution is 0.0893. The highest BCUT2D eigenvalue weighted by molar-refractivity contribution is 7.17. The number of methoxy groups -OCH3 is 2. The second kappa shape index (κ2) is 6.26. The Hall–Kier alpha value is -0.980. The van der Waals surface area contributed by atoms with Crippen LogP contribution in [0, 0.1) is 0 Å². The van der Waals surface area contributed by atoms with E-state index in [1.54, 1.807) is 14.2 Å². The van der Waals surface area contributed by atoms with Crippen LogP contribution in [-0.4, -0.2) is 44.7 Å². The lowest BCUT2D eigenvalue weighted by Gasteiger charge is -2.31. The third-order valence-corrected chi connectivity index (χ3v) is 4.17. The first-order valence-electron chi connectivity index (χ1n) is 6.00. The maximum absolute atomic E-state index is 11.0. The zero-order valence-corrected chi connectivity index (χ0v) is 11.5. The molecule has 1 unspecified atom stereocenters. The predicted octanol–water partition coefficient (Wildman–Crippen LogP) is 1.72. The van der Waals surface area contributed by atoms with Gasteiger partial charge in [0.1, 0.15) is 0 Å². The number of aromatic nitrogens is 1. The van der Waals surface area contributed by atoms with Gasteiger partial charge in [-0.15, -0.1) is 0 Å². The Morgan fingerprint density at radius 1 is 1.56 bits per heavy atom. The van der Waals surface area contributed by atoms with E-state index in [0.29, 0.717) is 11.5 Å². The number of carbonyl (C=O) groups excluding carboxylic acids is 1. The number of anilines is 1. The van der Waals surface area contributed by atoms with E-state index in [0.717, 1.165) is 43.0 Å². The lowest BCUT2D eigenvalue weighted by atomic mass is 10.1. The molecule has 1 aliphatic rings. The van der Waals surface area contributed by atoms with Crippen molar-refractivity contribution in [1.29, 1.82) is 0 Å². The summed E-state index contributed by atoms with van der Waals surface area (Å²) in [5.74, 6) is 0. The first-order chi connectivity index (χ1) is 8.78. The fourth-order valence-electron chi connectivity index (χ4n) is 2.12. The fraction of sp³-hybridized carbons (Fsp3) is 0.667. The van der Waals surface area contributed by atoms with Crippen LogP contribution in [0.1, 0.15) is 28.2 Å². The summed E-state index contributed by atoms with van der Waals surface area (Å²) < 4.78 is 10.5. The number of ether oxygens (including phenoxy) is 2. The van der Waals surface area contributed by atoms with E-state index in [1.807, 2.05) is 0 Å². The summed E-state index contributed by atoms with van der Waals surface area (Å²) in [6, 6.07) is 0. The first-order valence-corrected chi connectivity index (χ1v) is 6.81. The van der Waals surface area contributed by atoms with Crippen molar-refractivity contribution in [3.8, 4) is 0 Å². The van der Waals surface area contributed by atoms with Crippen molar-refractivity contribution in [2.45, 2.75) is 25.6 Å². The van der Waals surface area contributed by atoms with Gasteiger partial charge in [0.05, 0.1) is 23.3 Å². The Balaban J connectivity index is 2.14. The van der Waals surface area contributed by atoms with Crippen LogP contribution in [0.2, 0.25) is 0 Å². The summed E-state index contributed by atoms with van der Waals surface area (Å²) in [6.07, 6.45) is 3.29. The van der Waals surface area contributed by atoms with Gasteiger partial charge in [-0.2, -0.15) is 0 Å². The average Bonchev–Trinajstić information content (AvgIpc) is 2.82. The van der Waals surface area contributed by atoms with Gasteiger partial charge in [0, 0.05) is 27.3 Å². The van der Waals surface area contributed by atoms with Crippen LogP contribution < -0.4 is 4.90 Å². The minimum absolute atomic E-state index is 0.258. The quantitative estimate of drug-likeness (QED) is 0.762. The smallest absolute Gasteiger partial charge is 0.186 e. The molecule has 0 aliphatic carbocycles. The zero-order chi connectivity index (χ0) is 13.0. The van der Waals surface area contributed by atoms with Crippen molar-refractivity contribution in [2.75, 3.05) is 32.2 Å². The molecule has 1 aromatic rings. The number of aldehydes is 1. The Morgan fingerprint density at radius 3 is 3.06 bits per heavy atom. The van der Waals surface area contributed by atoms with Crippen LogP contribution in [0.3, 0.4) is 0 Å². The van der Waals surface area contributed by atoms with Gasteiger partial charge in [0.15, 0.2) is 11.4 Å². The molecule has 0 saturated carbocycles. The normalized spacial score (nSPS) is 20.1. The summed E-state index contributed by atoms with van der Waals surface area (Å²) >= 11 is 1.43. The van der Waals surface area contributed by atoms with Gasteiger partial charge in [0.25, 0.3) is 0 Å². The Bertz CT molecular complexity index is 408. The molecule has 1 atom stereocenters. The molecule has 0 amide bonds. The van der Waals surface area contributed by atoms with E-state index in [-0.39, 0.29) is 6.10 Å². The number of carbonyl (C=O) groups is 1. The number of piperidine rings is 1. The van der Waals surface area contributed by atoms with Crippen molar-refractivity contribution in [1.82, 2.24) is 4.98 Å². The SMILES string of the molecule is COCc1nc(N2CCCC(OC)C2)sc1C=O. The Morgan fingerprint density at radius 2 is 2.39 bits per heavy atom. The number of rotatable bonds is 5.